The van der Waals surface area contributed by atoms with E-state index in [9.17, 15) is 13.0 Å². The molecule has 0 aliphatic carbocycles. The van der Waals surface area contributed by atoms with E-state index in [1.165, 1.54) is 89.0 Å². The van der Waals surface area contributed by atoms with E-state index in [0.29, 0.717) is 17.4 Å². The van der Waals surface area contributed by atoms with Gasteiger partial charge < -0.3 is 4.55 Å². The molecule has 0 saturated carbocycles. The minimum Gasteiger partial charge on any atom is -0.744 e. The van der Waals surface area contributed by atoms with Gasteiger partial charge in [-0.1, -0.05) is 134 Å². The van der Waals surface area contributed by atoms with Gasteiger partial charge in [0.15, 0.2) is 0 Å². The summed E-state index contributed by atoms with van der Waals surface area (Å²) in [5.41, 5.74) is 1.91. The van der Waals surface area contributed by atoms with Crippen LogP contribution in [-0.2, 0) is 23.0 Å². The SMILES string of the molecule is CCCCCCCCCCc1ccc2c(S(=O)(=O)[O-])c(CCCCCCCCCC)ccc2c1.[K+]. The van der Waals surface area contributed by atoms with E-state index in [0.717, 1.165) is 31.1 Å². The van der Waals surface area contributed by atoms with Crippen LogP contribution in [0, 0.1) is 0 Å². The van der Waals surface area contributed by atoms with E-state index in [2.05, 4.69) is 19.9 Å². The molecule has 2 aromatic carbocycles. The van der Waals surface area contributed by atoms with E-state index >= 15 is 0 Å². The Balaban J connectivity index is 0.00000612. The molecule has 0 amide bonds. The first-order valence-corrected chi connectivity index (χ1v) is 15.4. The zero-order valence-electron chi connectivity index (χ0n) is 22.7. The molecule has 35 heavy (non-hydrogen) atoms. The van der Waals surface area contributed by atoms with E-state index < -0.39 is 10.1 Å². The summed E-state index contributed by atoms with van der Waals surface area (Å²) < 4.78 is 36.5. The molecule has 5 heteroatoms. The number of rotatable bonds is 19. The van der Waals surface area contributed by atoms with Crippen LogP contribution in [0.4, 0.5) is 0 Å². The number of hydrogen-bond donors (Lipinski definition) is 0. The molecule has 192 valence electrons. The molecule has 0 spiro atoms. The molecule has 0 N–H and O–H groups in total. The van der Waals surface area contributed by atoms with Gasteiger partial charge in [0.05, 0.1) is 4.90 Å². The van der Waals surface area contributed by atoms with Gasteiger partial charge in [0, 0.05) is 0 Å². The maximum absolute atomic E-state index is 12.2. The Hall–Kier alpha value is 0.246. The Morgan fingerprint density at radius 2 is 1.11 bits per heavy atom. The number of benzene rings is 2. The fourth-order valence-corrected chi connectivity index (χ4v) is 5.90. The molecule has 0 radical (unpaired) electrons. The molecule has 0 aromatic heterocycles. The van der Waals surface area contributed by atoms with Crippen LogP contribution in [0.5, 0.6) is 0 Å². The summed E-state index contributed by atoms with van der Waals surface area (Å²) in [6.45, 7) is 4.47. The molecule has 0 atom stereocenters. The van der Waals surface area contributed by atoms with Crippen LogP contribution >= 0.6 is 0 Å². The first kappa shape index (κ1) is 33.3. The van der Waals surface area contributed by atoms with Crippen molar-refractivity contribution in [3.05, 3.63) is 41.5 Å². The van der Waals surface area contributed by atoms with Crippen LogP contribution in [0.1, 0.15) is 128 Å². The molecule has 2 aromatic rings. The van der Waals surface area contributed by atoms with Gasteiger partial charge in [-0.2, -0.15) is 0 Å². The van der Waals surface area contributed by atoms with Crippen molar-refractivity contribution in [2.75, 3.05) is 0 Å². The topological polar surface area (TPSA) is 57.2 Å². The van der Waals surface area contributed by atoms with Crippen molar-refractivity contribution in [1.29, 1.82) is 0 Å². The second-order valence-corrected chi connectivity index (χ2v) is 11.3. The summed E-state index contributed by atoms with van der Waals surface area (Å²) in [6, 6.07) is 9.82. The molecule has 0 bridgehead atoms. The first-order chi connectivity index (χ1) is 16.5. The minimum absolute atomic E-state index is 0. The van der Waals surface area contributed by atoms with E-state index in [4.69, 9.17) is 0 Å². The van der Waals surface area contributed by atoms with Gasteiger partial charge in [0.25, 0.3) is 0 Å². The molecule has 3 nitrogen and oxygen atoms in total. The molecule has 2 rings (SSSR count). The Bertz CT molecular complexity index is 940. The standard InChI is InChI=1S/C30H48O3S.K/c1-3-5-7-9-11-13-15-17-19-26-21-24-29-28(25-26)23-22-27(30(29)34(31,32)33)20-18-16-14-12-10-8-6-4-2;/h21-25H,3-20H2,1-2H3,(H,31,32,33);/q;+1/p-1. The molecule has 0 saturated heterocycles. The van der Waals surface area contributed by atoms with Crippen LogP contribution < -0.4 is 51.4 Å². The maximum atomic E-state index is 12.2. The van der Waals surface area contributed by atoms with Gasteiger partial charge in [-0.15, -0.1) is 0 Å². The Kier molecular flexibility index (Phi) is 18.4. The Morgan fingerprint density at radius 3 is 1.63 bits per heavy atom. The number of unbranched alkanes of at least 4 members (excludes halogenated alkanes) is 14. The summed E-state index contributed by atoms with van der Waals surface area (Å²) in [7, 11) is -4.51. The largest absolute Gasteiger partial charge is 1.00 e. The number of aryl methyl sites for hydroxylation is 2. The summed E-state index contributed by atoms with van der Waals surface area (Å²) >= 11 is 0. The normalized spacial score (nSPS) is 11.6. The zero-order chi connectivity index (χ0) is 24.7. The molecule has 0 aliphatic rings. The van der Waals surface area contributed by atoms with Crippen molar-refractivity contribution in [2.24, 2.45) is 0 Å². The summed E-state index contributed by atoms with van der Waals surface area (Å²) in [5.74, 6) is 0. The third-order valence-corrected chi connectivity index (χ3v) is 7.97. The fourth-order valence-electron chi connectivity index (χ4n) is 4.96. The predicted octanol–water partition coefficient (Wildman–Crippen LogP) is 6.11. The van der Waals surface area contributed by atoms with Gasteiger partial charge in [-0.3, -0.25) is 0 Å². The predicted molar refractivity (Wildman–Crippen MR) is 145 cm³/mol. The Labute approximate surface area is 258 Å². The van der Waals surface area contributed by atoms with Gasteiger partial charge in [-0.05, 0) is 47.6 Å². The molecular weight excluding hydrogens is 479 g/mol. The average Bonchev–Trinajstić information content (AvgIpc) is 2.81. The molecule has 0 aliphatic heterocycles. The van der Waals surface area contributed by atoms with Crippen molar-refractivity contribution in [1.82, 2.24) is 0 Å². The molecule has 0 heterocycles. The van der Waals surface area contributed by atoms with Crippen LogP contribution in [0.15, 0.2) is 35.2 Å². The minimum atomic E-state index is -4.51. The second-order valence-electron chi connectivity index (χ2n) is 10.0. The zero-order valence-corrected chi connectivity index (χ0v) is 26.7. The Morgan fingerprint density at radius 1 is 0.629 bits per heavy atom. The van der Waals surface area contributed by atoms with Gasteiger partial charge in [0.1, 0.15) is 10.1 Å². The van der Waals surface area contributed by atoms with Crippen molar-refractivity contribution < 1.29 is 64.4 Å². The van der Waals surface area contributed by atoms with Crippen molar-refractivity contribution in [3.8, 4) is 0 Å². The molecule has 0 unspecified atom stereocenters. The molecule has 0 fully saturated rings. The number of hydrogen-bond acceptors (Lipinski definition) is 3. The summed E-state index contributed by atoms with van der Waals surface area (Å²) in [5, 5.41) is 1.46. The van der Waals surface area contributed by atoms with Gasteiger partial charge >= 0.3 is 51.4 Å². The van der Waals surface area contributed by atoms with Crippen LogP contribution in [0.3, 0.4) is 0 Å². The van der Waals surface area contributed by atoms with E-state index in [-0.39, 0.29) is 56.3 Å². The third-order valence-electron chi connectivity index (χ3n) is 6.99. The van der Waals surface area contributed by atoms with Crippen molar-refractivity contribution >= 4 is 20.9 Å². The monoisotopic (exact) mass is 526 g/mol. The van der Waals surface area contributed by atoms with E-state index in [1.54, 1.807) is 0 Å². The third kappa shape index (κ3) is 13.0. The summed E-state index contributed by atoms with van der Waals surface area (Å²) in [4.78, 5) is 0.00609. The quantitative estimate of drug-likeness (QED) is 0.126. The fraction of sp³-hybridized carbons (Fsp3) is 0.667. The first-order valence-electron chi connectivity index (χ1n) is 14.0. The van der Waals surface area contributed by atoms with Crippen molar-refractivity contribution in [2.45, 2.75) is 134 Å². The number of fused-ring (bicyclic) bond motifs is 1. The van der Waals surface area contributed by atoms with Crippen LogP contribution in [-0.4, -0.2) is 13.0 Å². The average molecular weight is 527 g/mol. The van der Waals surface area contributed by atoms with E-state index in [1.807, 2.05) is 24.3 Å². The van der Waals surface area contributed by atoms with Gasteiger partial charge in [-0.25, -0.2) is 8.42 Å². The molecular formula is C30H47KO3S. The maximum Gasteiger partial charge on any atom is 1.00 e. The van der Waals surface area contributed by atoms with Crippen LogP contribution in [0.25, 0.3) is 10.8 Å². The van der Waals surface area contributed by atoms with Crippen molar-refractivity contribution in [3.63, 3.8) is 0 Å². The second kappa shape index (κ2) is 19.3. The van der Waals surface area contributed by atoms with Crippen LogP contribution in [0.2, 0.25) is 0 Å². The smallest absolute Gasteiger partial charge is 0.744 e. The van der Waals surface area contributed by atoms with Gasteiger partial charge in [0.2, 0.25) is 0 Å². The summed E-state index contributed by atoms with van der Waals surface area (Å²) in [6.07, 6.45) is 21.6.